The fourth-order valence-corrected chi connectivity index (χ4v) is 2.30. The number of methoxy groups -OCH3 is 1. The third-order valence-electron chi connectivity index (χ3n) is 2.63. The molecule has 0 saturated carbocycles. The number of rotatable bonds is 8. The summed E-state index contributed by atoms with van der Waals surface area (Å²) in [5.41, 5.74) is 0. The molecule has 1 aromatic rings. The monoisotopic (exact) mass is 284 g/mol. The summed E-state index contributed by atoms with van der Waals surface area (Å²) in [6, 6.07) is 3.86. The Kier molecular flexibility index (Phi) is 7.14. The molecule has 6 heteroatoms. The predicted octanol–water partition coefficient (Wildman–Crippen LogP) is 0.902. The highest BCUT2D eigenvalue weighted by atomic mass is 32.1. The van der Waals surface area contributed by atoms with Crippen molar-refractivity contribution in [2.24, 2.45) is 0 Å². The van der Waals surface area contributed by atoms with Gasteiger partial charge in [-0.05, 0) is 11.4 Å². The zero-order valence-corrected chi connectivity index (χ0v) is 12.2. The normalized spacial score (nSPS) is 10.2. The molecule has 0 radical (unpaired) electrons. The van der Waals surface area contributed by atoms with Crippen LogP contribution in [0, 0.1) is 0 Å². The summed E-state index contributed by atoms with van der Waals surface area (Å²) in [6.45, 7) is 3.54. The van der Waals surface area contributed by atoms with Gasteiger partial charge in [0.05, 0.1) is 13.0 Å². The average molecular weight is 284 g/mol. The summed E-state index contributed by atoms with van der Waals surface area (Å²) in [5.74, 6) is -0.0257. The lowest BCUT2D eigenvalue weighted by Gasteiger charge is -2.20. The fourth-order valence-electron chi connectivity index (χ4n) is 1.59. The van der Waals surface area contributed by atoms with E-state index in [9.17, 15) is 9.59 Å². The van der Waals surface area contributed by atoms with Crippen molar-refractivity contribution in [3.63, 3.8) is 0 Å². The highest BCUT2D eigenvalue weighted by molar-refractivity contribution is 7.10. The van der Waals surface area contributed by atoms with Gasteiger partial charge in [0, 0.05) is 38.5 Å². The minimum atomic E-state index is -0.0160. The SMILES string of the molecule is COCCN(CCNC(=O)Cc1cccs1)C(C)=O. The molecule has 0 atom stereocenters. The van der Waals surface area contributed by atoms with Crippen LogP contribution in [0.15, 0.2) is 17.5 Å². The highest BCUT2D eigenvalue weighted by Gasteiger charge is 2.09. The Balaban J connectivity index is 2.23. The largest absolute Gasteiger partial charge is 0.383 e. The second-order valence-corrected chi connectivity index (χ2v) is 5.14. The third-order valence-corrected chi connectivity index (χ3v) is 3.51. The standard InChI is InChI=1S/C13H20N2O3S/c1-11(16)15(7-8-18-2)6-5-14-13(17)10-12-4-3-9-19-12/h3-4,9H,5-8,10H2,1-2H3,(H,14,17). The van der Waals surface area contributed by atoms with Crippen LogP contribution in [0.4, 0.5) is 0 Å². The molecule has 0 aliphatic carbocycles. The van der Waals surface area contributed by atoms with E-state index in [1.54, 1.807) is 23.3 Å². The number of hydrogen-bond donors (Lipinski definition) is 1. The average Bonchev–Trinajstić information content (AvgIpc) is 2.85. The van der Waals surface area contributed by atoms with Gasteiger partial charge in [-0.25, -0.2) is 0 Å². The van der Waals surface area contributed by atoms with Gasteiger partial charge in [-0.2, -0.15) is 0 Å². The van der Waals surface area contributed by atoms with Gasteiger partial charge in [0.1, 0.15) is 0 Å². The lowest BCUT2D eigenvalue weighted by molar-refractivity contribution is -0.130. The Morgan fingerprint density at radius 3 is 2.79 bits per heavy atom. The first-order valence-electron chi connectivity index (χ1n) is 6.17. The number of hydrogen-bond acceptors (Lipinski definition) is 4. The van der Waals surface area contributed by atoms with Gasteiger partial charge in [0.2, 0.25) is 11.8 Å². The van der Waals surface area contributed by atoms with E-state index in [1.807, 2.05) is 17.5 Å². The van der Waals surface area contributed by atoms with Crippen molar-refractivity contribution >= 4 is 23.2 Å². The second-order valence-electron chi connectivity index (χ2n) is 4.10. The fraction of sp³-hybridized carbons (Fsp3) is 0.538. The molecule has 0 saturated heterocycles. The van der Waals surface area contributed by atoms with Crippen LogP contribution < -0.4 is 5.32 Å². The van der Waals surface area contributed by atoms with Gasteiger partial charge in [-0.3, -0.25) is 9.59 Å². The van der Waals surface area contributed by atoms with Crippen LogP contribution in [0.2, 0.25) is 0 Å². The molecule has 0 aromatic carbocycles. The van der Waals surface area contributed by atoms with Crippen molar-refractivity contribution in [2.45, 2.75) is 13.3 Å². The van der Waals surface area contributed by atoms with Gasteiger partial charge in [0.15, 0.2) is 0 Å². The second kappa shape index (κ2) is 8.66. The molecule has 1 rings (SSSR count). The van der Waals surface area contributed by atoms with Crippen LogP contribution in [0.1, 0.15) is 11.8 Å². The van der Waals surface area contributed by atoms with Crippen LogP contribution in [-0.2, 0) is 20.7 Å². The van der Waals surface area contributed by atoms with E-state index in [-0.39, 0.29) is 11.8 Å². The maximum atomic E-state index is 11.6. The zero-order valence-electron chi connectivity index (χ0n) is 11.3. The lowest BCUT2D eigenvalue weighted by atomic mass is 10.3. The molecule has 1 N–H and O–H groups in total. The number of nitrogens with zero attached hydrogens (tertiary/aromatic N) is 1. The first-order chi connectivity index (χ1) is 9.13. The van der Waals surface area contributed by atoms with Crippen molar-refractivity contribution in [1.29, 1.82) is 0 Å². The summed E-state index contributed by atoms with van der Waals surface area (Å²) in [7, 11) is 1.60. The minimum Gasteiger partial charge on any atom is -0.383 e. The summed E-state index contributed by atoms with van der Waals surface area (Å²) in [5, 5.41) is 4.76. The maximum absolute atomic E-state index is 11.6. The van der Waals surface area contributed by atoms with Crippen molar-refractivity contribution in [3.8, 4) is 0 Å². The van der Waals surface area contributed by atoms with E-state index >= 15 is 0 Å². The number of ether oxygens (including phenoxy) is 1. The van der Waals surface area contributed by atoms with Crippen LogP contribution in [0.3, 0.4) is 0 Å². The summed E-state index contributed by atoms with van der Waals surface area (Å²) in [4.78, 5) is 25.7. The van der Waals surface area contributed by atoms with Crippen LogP contribution in [0.5, 0.6) is 0 Å². The molecule has 0 bridgehead atoms. The molecule has 0 unspecified atom stereocenters. The van der Waals surface area contributed by atoms with Crippen molar-refractivity contribution < 1.29 is 14.3 Å². The molecule has 1 aromatic heterocycles. The maximum Gasteiger partial charge on any atom is 0.225 e. The van der Waals surface area contributed by atoms with E-state index in [0.717, 1.165) is 4.88 Å². The van der Waals surface area contributed by atoms with E-state index in [1.165, 1.54) is 6.92 Å². The molecule has 0 fully saturated rings. The molecule has 0 spiro atoms. The highest BCUT2D eigenvalue weighted by Crippen LogP contribution is 2.08. The summed E-state index contributed by atoms with van der Waals surface area (Å²) >= 11 is 1.57. The molecular formula is C13H20N2O3S. The molecule has 106 valence electrons. The number of nitrogens with one attached hydrogen (secondary N) is 1. The topological polar surface area (TPSA) is 58.6 Å². The summed E-state index contributed by atoms with van der Waals surface area (Å²) < 4.78 is 4.94. The first-order valence-corrected chi connectivity index (χ1v) is 7.05. The number of carbonyl (C=O) groups excluding carboxylic acids is 2. The smallest absolute Gasteiger partial charge is 0.225 e. The Bertz CT molecular complexity index is 393. The van der Waals surface area contributed by atoms with E-state index in [2.05, 4.69) is 5.32 Å². The van der Waals surface area contributed by atoms with Crippen LogP contribution >= 0.6 is 11.3 Å². The molecule has 2 amide bonds. The lowest BCUT2D eigenvalue weighted by Crippen LogP contribution is -2.39. The molecule has 0 aliphatic rings. The Morgan fingerprint density at radius 2 is 2.21 bits per heavy atom. The molecule has 5 nitrogen and oxygen atoms in total. The molecule has 1 heterocycles. The third kappa shape index (κ3) is 6.35. The Morgan fingerprint density at radius 1 is 1.42 bits per heavy atom. The van der Waals surface area contributed by atoms with Gasteiger partial charge >= 0.3 is 0 Å². The van der Waals surface area contributed by atoms with Crippen molar-refractivity contribution in [2.75, 3.05) is 33.4 Å². The Labute approximate surface area is 117 Å². The van der Waals surface area contributed by atoms with Crippen LogP contribution in [0.25, 0.3) is 0 Å². The van der Waals surface area contributed by atoms with Gasteiger partial charge in [-0.1, -0.05) is 6.07 Å². The first kappa shape index (κ1) is 15.7. The molecule has 19 heavy (non-hydrogen) atoms. The number of carbonyl (C=O) groups is 2. The predicted molar refractivity (Wildman–Crippen MR) is 75.2 cm³/mol. The van der Waals surface area contributed by atoms with Crippen molar-refractivity contribution in [1.82, 2.24) is 10.2 Å². The summed E-state index contributed by atoms with van der Waals surface area (Å²) in [6.07, 6.45) is 0.399. The number of thiophene rings is 1. The van der Waals surface area contributed by atoms with Gasteiger partial charge in [0.25, 0.3) is 0 Å². The van der Waals surface area contributed by atoms with Crippen LogP contribution in [-0.4, -0.2) is 50.1 Å². The Hall–Kier alpha value is -1.40. The number of amides is 2. The minimum absolute atomic E-state index is 0.00967. The van der Waals surface area contributed by atoms with Gasteiger partial charge < -0.3 is 15.0 Å². The van der Waals surface area contributed by atoms with E-state index in [0.29, 0.717) is 32.7 Å². The quantitative estimate of drug-likeness (QED) is 0.771. The van der Waals surface area contributed by atoms with E-state index in [4.69, 9.17) is 4.74 Å². The zero-order chi connectivity index (χ0) is 14.1. The van der Waals surface area contributed by atoms with E-state index < -0.39 is 0 Å². The molecular weight excluding hydrogens is 264 g/mol. The van der Waals surface area contributed by atoms with Crippen molar-refractivity contribution in [3.05, 3.63) is 22.4 Å². The van der Waals surface area contributed by atoms with Gasteiger partial charge in [-0.15, -0.1) is 11.3 Å². The molecule has 0 aliphatic heterocycles.